The van der Waals surface area contributed by atoms with Crippen LogP contribution in [0, 0.1) is 11.3 Å². The van der Waals surface area contributed by atoms with Crippen molar-refractivity contribution in [1.82, 2.24) is 5.32 Å². The van der Waals surface area contributed by atoms with Gasteiger partial charge in [-0.3, -0.25) is 0 Å². The van der Waals surface area contributed by atoms with Crippen molar-refractivity contribution in [2.24, 2.45) is 0 Å². The number of allylic oxidation sites excluding steroid dienone is 2. The number of hydrogen-bond acceptors (Lipinski definition) is 2. The third-order valence-corrected chi connectivity index (χ3v) is 2.29. The molecular weight excluding hydrogens is 184 g/mol. The van der Waals surface area contributed by atoms with Crippen LogP contribution in [0.15, 0.2) is 12.2 Å². The first-order valence-corrected chi connectivity index (χ1v) is 6.14. The van der Waals surface area contributed by atoms with E-state index in [0.717, 1.165) is 19.5 Å². The first-order chi connectivity index (χ1) is 7.41. The molecule has 0 aliphatic rings. The summed E-state index contributed by atoms with van der Waals surface area (Å²) in [6.45, 7) is 4.08. The van der Waals surface area contributed by atoms with E-state index in [4.69, 9.17) is 5.26 Å². The molecule has 0 saturated heterocycles. The first-order valence-electron chi connectivity index (χ1n) is 6.14. The summed E-state index contributed by atoms with van der Waals surface area (Å²) in [7, 11) is 0. The van der Waals surface area contributed by atoms with Gasteiger partial charge in [0, 0.05) is 13.0 Å². The molecule has 2 heteroatoms. The van der Waals surface area contributed by atoms with Gasteiger partial charge < -0.3 is 5.32 Å². The van der Waals surface area contributed by atoms with Crippen LogP contribution < -0.4 is 5.32 Å². The summed E-state index contributed by atoms with van der Waals surface area (Å²) in [5, 5.41) is 11.6. The van der Waals surface area contributed by atoms with Crippen LogP contribution in [0.5, 0.6) is 0 Å². The van der Waals surface area contributed by atoms with Gasteiger partial charge in [0.1, 0.15) is 0 Å². The number of unbranched alkanes of at least 4 members (excludes halogenated alkanes) is 4. The lowest BCUT2D eigenvalue weighted by atomic mass is 10.1. The van der Waals surface area contributed by atoms with Gasteiger partial charge in [0.25, 0.3) is 0 Å². The number of hydrogen-bond donors (Lipinski definition) is 1. The van der Waals surface area contributed by atoms with E-state index in [0.29, 0.717) is 6.42 Å². The highest BCUT2D eigenvalue weighted by Crippen LogP contribution is 2.03. The molecule has 0 rings (SSSR count). The molecule has 1 N–H and O–H groups in total. The Morgan fingerprint density at radius 1 is 1.07 bits per heavy atom. The molecule has 86 valence electrons. The second-order valence-electron chi connectivity index (χ2n) is 3.74. The van der Waals surface area contributed by atoms with Crippen LogP contribution in [0.2, 0.25) is 0 Å². The summed E-state index contributed by atoms with van der Waals surface area (Å²) in [6, 6.07) is 2.13. The molecule has 0 bridgehead atoms. The van der Waals surface area contributed by atoms with Crippen molar-refractivity contribution in [3.05, 3.63) is 12.2 Å². The Morgan fingerprint density at radius 2 is 1.87 bits per heavy atom. The predicted molar refractivity (Wildman–Crippen MR) is 65.6 cm³/mol. The van der Waals surface area contributed by atoms with E-state index in [1.54, 1.807) is 0 Å². The van der Waals surface area contributed by atoms with Crippen LogP contribution in [0.3, 0.4) is 0 Å². The fraction of sp³-hybridized carbons (Fsp3) is 0.769. The Kier molecular flexibility index (Phi) is 12.5. The Morgan fingerprint density at radius 3 is 2.60 bits per heavy atom. The van der Waals surface area contributed by atoms with Gasteiger partial charge >= 0.3 is 0 Å². The standard InChI is InChI=1S/C13H24N2/c1-2-3-4-5-6-7-8-9-12-15-13-10-11-14/h3-4,15H,2,5-10,12-13H2,1H3/b4-3+. The molecular formula is C13H24N2. The molecule has 0 fully saturated rings. The minimum atomic E-state index is 0.627. The second kappa shape index (κ2) is 13.2. The van der Waals surface area contributed by atoms with E-state index in [-0.39, 0.29) is 0 Å². The summed E-state index contributed by atoms with van der Waals surface area (Å²) in [5.41, 5.74) is 0. The molecule has 0 atom stereocenters. The first kappa shape index (κ1) is 14.2. The zero-order valence-corrected chi connectivity index (χ0v) is 9.97. The molecule has 0 saturated carbocycles. The van der Waals surface area contributed by atoms with Crippen molar-refractivity contribution in [2.45, 2.75) is 51.9 Å². The third-order valence-electron chi connectivity index (χ3n) is 2.29. The normalized spacial score (nSPS) is 10.7. The van der Waals surface area contributed by atoms with Gasteiger partial charge in [-0.05, 0) is 32.2 Å². The molecule has 0 aromatic heterocycles. The fourth-order valence-corrected chi connectivity index (χ4v) is 1.42. The lowest BCUT2D eigenvalue weighted by molar-refractivity contribution is 0.593. The Balaban J connectivity index is 2.93. The summed E-state index contributed by atoms with van der Waals surface area (Å²) < 4.78 is 0. The van der Waals surface area contributed by atoms with Crippen LogP contribution in [0.25, 0.3) is 0 Å². The molecule has 0 unspecified atom stereocenters. The van der Waals surface area contributed by atoms with Crippen molar-refractivity contribution in [3.8, 4) is 6.07 Å². The highest BCUT2D eigenvalue weighted by Gasteiger charge is 1.89. The molecule has 0 aromatic rings. The maximum Gasteiger partial charge on any atom is 0.0635 e. The topological polar surface area (TPSA) is 35.8 Å². The van der Waals surface area contributed by atoms with Gasteiger partial charge in [0.2, 0.25) is 0 Å². The Hall–Kier alpha value is -0.810. The molecule has 0 heterocycles. The smallest absolute Gasteiger partial charge is 0.0635 e. The van der Waals surface area contributed by atoms with Crippen molar-refractivity contribution < 1.29 is 0 Å². The SMILES string of the molecule is CC/C=C/CCCCCCNCCC#N. The van der Waals surface area contributed by atoms with Crippen molar-refractivity contribution in [1.29, 1.82) is 5.26 Å². The zero-order valence-electron chi connectivity index (χ0n) is 9.97. The summed E-state index contributed by atoms with van der Waals surface area (Å²) in [5.74, 6) is 0. The van der Waals surface area contributed by atoms with Crippen LogP contribution in [0.4, 0.5) is 0 Å². The second-order valence-corrected chi connectivity index (χ2v) is 3.74. The predicted octanol–water partition coefficient (Wildman–Crippen LogP) is 3.41. The summed E-state index contributed by atoms with van der Waals surface area (Å²) >= 11 is 0. The Labute approximate surface area is 94.4 Å². The molecule has 0 aromatic carbocycles. The van der Waals surface area contributed by atoms with Gasteiger partial charge in [-0.25, -0.2) is 0 Å². The molecule has 0 aliphatic carbocycles. The zero-order chi connectivity index (χ0) is 11.2. The van der Waals surface area contributed by atoms with E-state index in [1.165, 1.54) is 32.1 Å². The van der Waals surface area contributed by atoms with Crippen molar-refractivity contribution in [3.63, 3.8) is 0 Å². The number of nitrogens with one attached hydrogen (secondary N) is 1. The largest absolute Gasteiger partial charge is 0.316 e. The van der Waals surface area contributed by atoms with Gasteiger partial charge in [0.15, 0.2) is 0 Å². The van der Waals surface area contributed by atoms with Crippen LogP contribution in [-0.2, 0) is 0 Å². The van der Waals surface area contributed by atoms with Gasteiger partial charge in [-0.1, -0.05) is 31.9 Å². The minimum Gasteiger partial charge on any atom is -0.316 e. The number of nitriles is 1. The lowest BCUT2D eigenvalue weighted by Crippen LogP contribution is -2.15. The van der Waals surface area contributed by atoms with Gasteiger partial charge in [-0.15, -0.1) is 0 Å². The number of nitrogens with zero attached hydrogens (tertiary/aromatic N) is 1. The quantitative estimate of drug-likeness (QED) is 0.441. The van der Waals surface area contributed by atoms with E-state index in [2.05, 4.69) is 30.5 Å². The molecule has 0 amide bonds. The maximum absolute atomic E-state index is 8.31. The van der Waals surface area contributed by atoms with Gasteiger partial charge in [0.05, 0.1) is 6.07 Å². The van der Waals surface area contributed by atoms with Crippen LogP contribution >= 0.6 is 0 Å². The minimum absolute atomic E-state index is 0.627. The summed E-state index contributed by atoms with van der Waals surface area (Å²) in [4.78, 5) is 0. The maximum atomic E-state index is 8.31. The third kappa shape index (κ3) is 13.2. The highest BCUT2D eigenvalue weighted by molar-refractivity contribution is 4.79. The fourth-order valence-electron chi connectivity index (χ4n) is 1.42. The van der Waals surface area contributed by atoms with E-state index < -0.39 is 0 Å². The average Bonchev–Trinajstić information content (AvgIpc) is 2.26. The van der Waals surface area contributed by atoms with Crippen LogP contribution in [-0.4, -0.2) is 13.1 Å². The summed E-state index contributed by atoms with van der Waals surface area (Å²) in [6.07, 6.45) is 12.7. The average molecular weight is 208 g/mol. The van der Waals surface area contributed by atoms with Crippen LogP contribution in [0.1, 0.15) is 51.9 Å². The Bertz CT molecular complexity index is 179. The molecule has 2 nitrogen and oxygen atoms in total. The van der Waals surface area contributed by atoms with Crippen molar-refractivity contribution >= 4 is 0 Å². The van der Waals surface area contributed by atoms with E-state index in [9.17, 15) is 0 Å². The molecule has 0 spiro atoms. The number of rotatable bonds is 10. The molecule has 15 heavy (non-hydrogen) atoms. The van der Waals surface area contributed by atoms with Crippen molar-refractivity contribution in [2.75, 3.05) is 13.1 Å². The lowest BCUT2D eigenvalue weighted by Gasteiger charge is -2.01. The highest BCUT2D eigenvalue weighted by atomic mass is 14.8. The molecule has 0 aliphatic heterocycles. The van der Waals surface area contributed by atoms with E-state index >= 15 is 0 Å². The van der Waals surface area contributed by atoms with Gasteiger partial charge in [-0.2, -0.15) is 5.26 Å². The monoisotopic (exact) mass is 208 g/mol. The van der Waals surface area contributed by atoms with E-state index in [1.807, 2.05) is 0 Å². The molecule has 0 radical (unpaired) electrons.